The smallest absolute Gasteiger partial charge is 0.227 e. The van der Waals surface area contributed by atoms with Crippen LogP contribution in [0.15, 0.2) is 24.3 Å². The van der Waals surface area contributed by atoms with Gasteiger partial charge in [-0.3, -0.25) is 9.59 Å². The van der Waals surface area contributed by atoms with Crippen molar-refractivity contribution in [3.63, 3.8) is 0 Å². The molecule has 1 aliphatic heterocycles. The van der Waals surface area contributed by atoms with Gasteiger partial charge < -0.3 is 10.2 Å². The van der Waals surface area contributed by atoms with Crippen molar-refractivity contribution in [3.05, 3.63) is 29.8 Å². The zero-order valence-corrected chi connectivity index (χ0v) is 13.6. The number of nitrogens with one attached hydrogen (secondary N) is 1. The molecular weight excluding hydrogens is 288 g/mol. The van der Waals surface area contributed by atoms with Gasteiger partial charge in [-0.1, -0.05) is 24.1 Å². The van der Waals surface area contributed by atoms with Crippen molar-refractivity contribution < 1.29 is 9.59 Å². The third-order valence-electron chi connectivity index (χ3n) is 5.91. The molecule has 4 heteroatoms. The molecule has 4 nitrogen and oxygen atoms in total. The highest BCUT2D eigenvalue weighted by molar-refractivity contribution is 6.00. The Balaban J connectivity index is 1.39. The second-order valence-electron chi connectivity index (χ2n) is 7.53. The quantitative estimate of drug-likeness (QED) is 0.933. The first kappa shape index (κ1) is 14.7. The van der Waals surface area contributed by atoms with Gasteiger partial charge in [0, 0.05) is 24.7 Å². The number of hydrogen-bond acceptors (Lipinski definition) is 2. The van der Waals surface area contributed by atoms with Crippen LogP contribution in [-0.4, -0.2) is 24.4 Å². The van der Waals surface area contributed by atoms with E-state index in [9.17, 15) is 9.59 Å². The van der Waals surface area contributed by atoms with Gasteiger partial charge in [0.25, 0.3) is 0 Å². The maximum atomic E-state index is 12.6. The van der Waals surface area contributed by atoms with Crippen molar-refractivity contribution in [2.24, 2.45) is 17.8 Å². The Morgan fingerprint density at radius 1 is 1.17 bits per heavy atom. The lowest BCUT2D eigenvalue weighted by Crippen LogP contribution is -2.42. The number of nitrogens with zero attached hydrogens (tertiary/aromatic N) is 1. The van der Waals surface area contributed by atoms with Gasteiger partial charge in [0.05, 0.1) is 5.92 Å². The summed E-state index contributed by atoms with van der Waals surface area (Å²) < 4.78 is 0. The largest absolute Gasteiger partial charge is 0.353 e. The van der Waals surface area contributed by atoms with E-state index >= 15 is 0 Å². The summed E-state index contributed by atoms with van der Waals surface area (Å²) in [6.07, 6.45) is 5.35. The topological polar surface area (TPSA) is 49.4 Å². The fraction of sp³-hybridized carbons (Fsp3) is 0.579. The lowest BCUT2D eigenvalue weighted by atomic mass is 9.94. The summed E-state index contributed by atoms with van der Waals surface area (Å²) in [6, 6.07) is 8.29. The average Bonchev–Trinajstić information content (AvgIpc) is 3.23. The van der Waals surface area contributed by atoms with Crippen LogP contribution in [0.5, 0.6) is 0 Å². The molecule has 0 spiro atoms. The minimum atomic E-state index is -0.206. The first-order chi connectivity index (χ1) is 11.1. The minimum absolute atomic E-state index is 0.0574. The van der Waals surface area contributed by atoms with E-state index in [0.717, 1.165) is 18.0 Å². The summed E-state index contributed by atoms with van der Waals surface area (Å²) >= 11 is 0. The lowest BCUT2D eigenvalue weighted by molar-refractivity contribution is -0.127. The first-order valence-corrected chi connectivity index (χ1v) is 8.77. The third kappa shape index (κ3) is 2.75. The highest BCUT2D eigenvalue weighted by Crippen LogP contribution is 2.44. The Morgan fingerprint density at radius 2 is 1.96 bits per heavy atom. The van der Waals surface area contributed by atoms with Crippen molar-refractivity contribution in [2.75, 3.05) is 11.4 Å². The van der Waals surface area contributed by atoms with Crippen LogP contribution in [0.25, 0.3) is 0 Å². The van der Waals surface area contributed by atoms with E-state index in [-0.39, 0.29) is 17.7 Å². The molecule has 2 amide bonds. The van der Waals surface area contributed by atoms with E-state index in [0.29, 0.717) is 24.9 Å². The molecule has 1 aromatic carbocycles. The van der Waals surface area contributed by atoms with Gasteiger partial charge in [0.2, 0.25) is 11.8 Å². The first-order valence-electron chi connectivity index (χ1n) is 8.77. The normalized spacial score (nSPS) is 32.6. The zero-order valence-electron chi connectivity index (χ0n) is 13.6. The van der Waals surface area contributed by atoms with Crippen LogP contribution in [0.1, 0.15) is 37.7 Å². The van der Waals surface area contributed by atoms with Crippen LogP contribution < -0.4 is 10.2 Å². The number of amides is 2. The molecule has 122 valence electrons. The number of rotatable bonds is 3. The van der Waals surface area contributed by atoms with E-state index in [2.05, 4.69) is 5.32 Å². The van der Waals surface area contributed by atoms with Gasteiger partial charge in [-0.05, 0) is 50.2 Å². The Hall–Kier alpha value is -1.84. The summed E-state index contributed by atoms with van der Waals surface area (Å²) in [6.45, 7) is 2.54. The number of benzene rings is 1. The highest BCUT2D eigenvalue weighted by Gasteiger charge is 2.42. The number of carbonyl (C=O) groups excluding carboxylic acids is 2. The van der Waals surface area contributed by atoms with E-state index in [1.165, 1.54) is 24.8 Å². The molecule has 3 aliphatic rings. The van der Waals surface area contributed by atoms with Crippen LogP contribution in [0.4, 0.5) is 5.69 Å². The van der Waals surface area contributed by atoms with Crippen molar-refractivity contribution in [2.45, 2.75) is 45.1 Å². The summed E-state index contributed by atoms with van der Waals surface area (Å²) in [7, 11) is 0. The van der Waals surface area contributed by atoms with E-state index in [1.807, 2.05) is 31.2 Å². The van der Waals surface area contributed by atoms with E-state index < -0.39 is 0 Å². The van der Waals surface area contributed by atoms with Crippen LogP contribution in [-0.2, 0) is 9.59 Å². The Bertz CT molecular complexity index is 625. The van der Waals surface area contributed by atoms with Crippen molar-refractivity contribution in [1.82, 2.24) is 5.32 Å². The fourth-order valence-corrected chi connectivity index (χ4v) is 4.58. The van der Waals surface area contributed by atoms with Gasteiger partial charge in [0.1, 0.15) is 0 Å². The number of carbonyl (C=O) groups is 2. The molecule has 0 radical (unpaired) electrons. The maximum absolute atomic E-state index is 12.6. The van der Waals surface area contributed by atoms with Gasteiger partial charge >= 0.3 is 0 Å². The fourth-order valence-electron chi connectivity index (χ4n) is 4.58. The minimum Gasteiger partial charge on any atom is -0.353 e. The number of fused-ring (bicyclic) bond motifs is 2. The van der Waals surface area contributed by atoms with Gasteiger partial charge in [0.15, 0.2) is 0 Å². The predicted octanol–water partition coefficient (Wildman–Crippen LogP) is 2.65. The summed E-state index contributed by atoms with van der Waals surface area (Å²) in [5.41, 5.74) is 2.07. The number of aryl methyl sites for hydroxylation is 1. The molecule has 2 bridgehead atoms. The molecule has 1 N–H and O–H groups in total. The number of hydrogen-bond donors (Lipinski definition) is 1. The molecule has 2 saturated carbocycles. The van der Waals surface area contributed by atoms with Crippen molar-refractivity contribution >= 4 is 17.5 Å². The second kappa shape index (κ2) is 5.66. The average molecular weight is 312 g/mol. The predicted molar refractivity (Wildman–Crippen MR) is 89.0 cm³/mol. The highest BCUT2D eigenvalue weighted by atomic mass is 16.2. The van der Waals surface area contributed by atoms with Crippen LogP contribution in [0.3, 0.4) is 0 Å². The second-order valence-corrected chi connectivity index (χ2v) is 7.53. The van der Waals surface area contributed by atoms with Crippen molar-refractivity contribution in [1.29, 1.82) is 0 Å². The van der Waals surface area contributed by atoms with Crippen molar-refractivity contribution in [3.8, 4) is 0 Å². The Kier molecular flexibility index (Phi) is 3.63. The molecular formula is C19H24N2O2. The molecule has 2 aliphatic carbocycles. The molecule has 23 heavy (non-hydrogen) atoms. The maximum Gasteiger partial charge on any atom is 0.227 e. The zero-order chi connectivity index (χ0) is 16.0. The molecule has 3 fully saturated rings. The molecule has 1 saturated heterocycles. The summed E-state index contributed by atoms with van der Waals surface area (Å²) in [5.74, 6) is 1.42. The van der Waals surface area contributed by atoms with E-state index in [1.54, 1.807) is 4.90 Å². The molecule has 0 aromatic heterocycles. The Morgan fingerprint density at radius 3 is 2.61 bits per heavy atom. The monoisotopic (exact) mass is 312 g/mol. The van der Waals surface area contributed by atoms with Crippen LogP contribution in [0, 0.1) is 24.7 Å². The molecule has 4 rings (SSSR count). The SMILES string of the molecule is Cc1ccc(N2C[C@H](C(=O)N[C@H]3C[C@H]4CC[C@H]3C4)CC2=O)cc1. The standard InChI is InChI=1S/C19H24N2O2/c1-12-2-6-16(7-3-12)21-11-15(10-18(21)22)19(23)20-17-9-13-4-5-14(17)8-13/h2-3,6-7,13-15,17H,4-5,8-11H2,1H3,(H,20,23)/t13-,14-,15+,17-/m0/s1. The Labute approximate surface area is 137 Å². The number of anilines is 1. The van der Waals surface area contributed by atoms with Crippen LogP contribution in [0.2, 0.25) is 0 Å². The molecule has 0 unspecified atom stereocenters. The van der Waals surface area contributed by atoms with Gasteiger partial charge in [-0.25, -0.2) is 0 Å². The summed E-state index contributed by atoms with van der Waals surface area (Å²) in [5, 5.41) is 3.24. The molecule has 1 aromatic rings. The lowest BCUT2D eigenvalue weighted by Gasteiger charge is -2.24. The molecule has 1 heterocycles. The van der Waals surface area contributed by atoms with Gasteiger partial charge in [-0.15, -0.1) is 0 Å². The van der Waals surface area contributed by atoms with Crippen LogP contribution >= 0.6 is 0 Å². The van der Waals surface area contributed by atoms with Gasteiger partial charge in [-0.2, -0.15) is 0 Å². The third-order valence-corrected chi connectivity index (χ3v) is 5.91. The summed E-state index contributed by atoms with van der Waals surface area (Å²) in [4.78, 5) is 26.6. The molecule has 4 atom stereocenters. The van der Waals surface area contributed by atoms with E-state index in [4.69, 9.17) is 0 Å².